The first-order valence-corrected chi connectivity index (χ1v) is 36.4. The third-order valence-corrected chi connectivity index (χ3v) is 29.9. The van der Waals surface area contributed by atoms with Crippen LogP contribution < -0.4 is 20.1 Å². The smallest absolute Gasteiger partial charge is 0.407 e. The van der Waals surface area contributed by atoms with Crippen molar-refractivity contribution in [3.05, 3.63) is 119 Å². The van der Waals surface area contributed by atoms with Gasteiger partial charge in [-0.05, 0) is 117 Å². The lowest BCUT2D eigenvalue weighted by atomic mass is 9.98. The molecule has 0 aromatic heterocycles. The quantitative estimate of drug-likeness (QED) is 0.0337. The van der Waals surface area contributed by atoms with Crippen LogP contribution in [0.5, 0.6) is 11.5 Å². The molecule has 0 radical (unpaired) electrons. The van der Waals surface area contributed by atoms with Crippen LogP contribution in [0.4, 0.5) is 4.79 Å². The number of ether oxygens (including phenoxy) is 3. The maximum atomic E-state index is 13.6. The van der Waals surface area contributed by atoms with Crippen LogP contribution in [-0.4, -0.2) is 68.2 Å². The summed E-state index contributed by atoms with van der Waals surface area (Å²) in [6.07, 6.45) is 21.4. The Kier molecular flexibility index (Phi) is 29.7. The number of carbonyl (C=O) groups excluding carboxylic acids is 2. The Labute approximate surface area is 494 Å². The SMILES string of the molecule is CC(C)[Si](OCCCCCCCCCCCOc1ccc(C(NC(=O)CNC(=O)OCC2c3ccccc3-c3ccccc32)c2ccc(OCCCCCCCCCCCO[Si](C(C)C)(C(C)C)C(C)C)cc2)cc1)(C(C)C)C(C)C. The normalized spacial score (nSPS) is 12.8. The number of unbranched alkanes of at least 4 members (excludes halogenated alkanes) is 16. The number of hydrogen-bond acceptors (Lipinski definition) is 7. The average molecular weight is 1150 g/mol. The van der Waals surface area contributed by atoms with Crippen LogP contribution in [0.25, 0.3) is 11.1 Å². The van der Waals surface area contributed by atoms with E-state index in [0.717, 1.165) is 83.8 Å². The van der Waals surface area contributed by atoms with Gasteiger partial charge in [0.1, 0.15) is 24.7 Å². The molecule has 0 spiro atoms. The Morgan fingerprint density at radius 2 is 0.741 bits per heavy atom. The third-order valence-electron chi connectivity index (χ3n) is 17.7. The van der Waals surface area contributed by atoms with Gasteiger partial charge >= 0.3 is 6.09 Å². The summed E-state index contributed by atoms with van der Waals surface area (Å²) in [6, 6.07) is 32.0. The van der Waals surface area contributed by atoms with Crippen molar-refractivity contribution < 1.29 is 32.7 Å². The van der Waals surface area contributed by atoms with Crippen LogP contribution in [0.15, 0.2) is 97.1 Å². The zero-order chi connectivity index (χ0) is 58.6. The summed E-state index contributed by atoms with van der Waals surface area (Å²) in [5, 5.41) is 5.89. The van der Waals surface area contributed by atoms with Gasteiger partial charge < -0.3 is 33.7 Å². The molecule has 4 aromatic rings. The predicted molar refractivity (Wildman–Crippen MR) is 344 cm³/mol. The molecule has 1 aliphatic carbocycles. The minimum Gasteiger partial charge on any atom is -0.494 e. The van der Waals surface area contributed by atoms with Crippen LogP contribution in [-0.2, 0) is 18.4 Å². The number of nitrogens with one attached hydrogen (secondary N) is 2. The van der Waals surface area contributed by atoms with E-state index in [1.165, 1.54) is 89.9 Å². The molecule has 2 amide bonds. The molecular formula is C70H110N2O7Si2. The highest BCUT2D eigenvalue weighted by atomic mass is 28.4. The minimum absolute atomic E-state index is 0.0677. The summed E-state index contributed by atoms with van der Waals surface area (Å²) in [7, 11) is -3.51. The highest BCUT2D eigenvalue weighted by Gasteiger charge is 2.46. The molecule has 9 nitrogen and oxygen atoms in total. The van der Waals surface area contributed by atoms with Crippen molar-refractivity contribution in [2.75, 3.05) is 39.6 Å². The molecule has 0 atom stereocenters. The van der Waals surface area contributed by atoms with Crippen molar-refractivity contribution in [1.82, 2.24) is 10.6 Å². The molecule has 81 heavy (non-hydrogen) atoms. The summed E-state index contributed by atoms with van der Waals surface area (Å²) in [5.41, 5.74) is 10.3. The van der Waals surface area contributed by atoms with Gasteiger partial charge in [-0.2, -0.15) is 0 Å². The van der Waals surface area contributed by atoms with Gasteiger partial charge in [-0.3, -0.25) is 4.79 Å². The van der Waals surface area contributed by atoms with Crippen LogP contribution in [0.3, 0.4) is 0 Å². The van der Waals surface area contributed by atoms with E-state index in [1.807, 2.05) is 72.8 Å². The van der Waals surface area contributed by atoms with Crippen LogP contribution in [0.1, 0.15) is 233 Å². The molecule has 0 saturated heterocycles. The van der Waals surface area contributed by atoms with E-state index in [1.54, 1.807) is 0 Å². The molecule has 0 aliphatic heterocycles. The molecule has 2 N–H and O–H groups in total. The number of rotatable bonds is 41. The van der Waals surface area contributed by atoms with Crippen LogP contribution >= 0.6 is 0 Å². The van der Waals surface area contributed by atoms with Gasteiger partial charge in [0.05, 0.1) is 19.3 Å². The predicted octanol–water partition coefficient (Wildman–Crippen LogP) is 19.6. The first-order chi connectivity index (χ1) is 39.0. The lowest BCUT2D eigenvalue weighted by Gasteiger charge is -2.42. The van der Waals surface area contributed by atoms with Crippen molar-refractivity contribution in [3.8, 4) is 22.6 Å². The van der Waals surface area contributed by atoms with Gasteiger partial charge in [0.2, 0.25) is 5.91 Å². The molecule has 0 unspecified atom stereocenters. The van der Waals surface area contributed by atoms with E-state index in [9.17, 15) is 9.59 Å². The number of benzene rings is 4. The molecule has 1 aliphatic rings. The van der Waals surface area contributed by atoms with E-state index < -0.39 is 28.8 Å². The van der Waals surface area contributed by atoms with Crippen molar-refractivity contribution in [2.45, 2.75) is 244 Å². The molecule has 0 heterocycles. The Morgan fingerprint density at radius 1 is 0.420 bits per heavy atom. The number of hydrogen-bond donors (Lipinski definition) is 2. The highest BCUT2D eigenvalue weighted by molar-refractivity contribution is 6.78. The maximum Gasteiger partial charge on any atom is 0.407 e. The standard InChI is InChI=1S/C70H110N2O7Si2/c1-53(2)80(54(3)4,55(5)6)78-49-33-25-21-17-13-15-19-23-31-47-75-61-43-39-59(40-44-61)69(72-68(73)51-71-70(74)77-52-67-65-37-29-27-35-63(65)64-36-28-30-38-66(64)67)60-41-45-62(46-42-60)76-48-32-24-20-16-14-18-22-26-34-50-79-81(56(7)8,57(9)10)58(11)12/h27-30,35-46,53-58,67,69H,13-26,31-34,47-52H2,1-12H3,(H,71,74)(H,72,73). The van der Waals surface area contributed by atoms with Gasteiger partial charge in [0, 0.05) is 19.1 Å². The van der Waals surface area contributed by atoms with Crippen LogP contribution in [0.2, 0.25) is 33.2 Å². The Balaban J connectivity index is 1.03. The van der Waals surface area contributed by atoms with Gasteiger partial charge in [0.15, 0.2) is 16.6 Å². The molecule has 5 rings (SSSR count). The van der Waals surface area contributed by atoms with Gasteiger partial charge in [-0.25, -0.2) is 4.79 Å². The zero-order valence-electron chi connectivity index (χ0n) is 52.7. The van der Waals surface area contributed by atoms with E-state index in [4.69, 9.17) is 23.1 Å². The molecule has 11 heteroatoms. The molecule has 0 fully saturated rings. The fourth-order valence-electron chi connectivity index (χ4n) is 13.6. The van der Waals surface area contributed by atoms with E-state index >= 15 is 0 Å². The number of amides is 2. The Hall–Kier alpha value is -4.43. The lowest BCUT2D eigenvalue weighted by Crippen LogP contribution is -2.47. The second-order valence-corrected chi connectivity index (χ2v) is 36.1. The van der Waals surface area contributed by atoms with Crippen molar-refractivity contribution in [1.29, 1.82) is 0 Å². The highest BCUT2D eigenvalue weighted by Crippen LogP contribution is 2.46. The molecule has 0 saturated carbocycles. The average Bonchev–Trinajstić information content (AvgIpc) is 4.07. The topological polar surface area (TPSA) is 104 Å². The summed E-state index contributed by atoms with van der Waals surface area (Å²) in [5.74, 6) is 1.22. The van der Waals surface area contributed by atoms with E-state index in [2.05, 4.69) is 118 Å². The van der Waals surface area contributed by atoms with Crippen molar-refractivity contribution in [3.63, 3.8) is 0 Å². The number of fused-ring (bicyclic) bond motifs is 3. The second-order valence-electron chi connectivity index (χ2n) is 25.2. The first-order valence-electron chi connectivity index (χ1n) is 32.1. The molecule has 0 bridgehead atoms. The van der Waals surface area contributed by atoms with Crippen molar-refractivity contribution >= 4 is 28.6 Å². The van der Waals surface area contributed by atoms with Gasteiger partial charge in [0.25, 0.3) is 0 Å². The zero-order valence-corrected chi connectivity index (χ0v) is 54.7. The largest absolute Gasteiger partial charge is 0.494 e. The lowest BCUT2D eigenvalue weighted by molar-refractivity contribution is -0.120. The first kappa shape index (κ1) is 67.4. The fraction of sp³-hybridized carbons (Fsp3) is 0.629. The van der Waals surface area contributed by atoms with Gasteiger partial charge in [-0.1, -0.05) is 246 Å². The summed E-state index contributed by atoms with van der Waals surface area (Å²) >= 11 is 0. The van der Waals surface area contributed by atoms with E-state index in [0.29, 0.717) is 46.5 Å². The van der Waals surface area contributed by atoms with Gasteiger partial charge in [-0.15, -0.1) is 0 Å². The van der Waals surface area contributed by atoms with Crippen molar-refractivity contribution in [2.24, 2.45) is 0 Å². The summed E-state index contributed by atoms with van der Waals surface area (Å²) < 4.78 is 31.7. The molecule has 450 valence electrons. The monoisotopic (exact) mass is 1150 g/mol. The molecular weight excluding hydrogens is 1040 g/mol. The fourth-order valence-corrected chi connectivity index (χ4v) is 24.6. The summed E-state index contributed by atoms with van der Waals surface area (Å²) in [6.45, 7) is 31.6. The van der Waals surface area contributed by atoms with Crippen LogP contribution in [0, 0.1) is 0 Å². The minimum atomic E-state index is -1.76. The third kappa shape index (κ3) is 20.4. The second kappa shape index (κ2) is 35.7. The Morgan fingerprint density at radius 3 is 1.09 bits per heavy atom. The summed E-state index contributed by atoms with van der Waals surface area (Å²) in [4.78, 5) is 26.7. The van der Waals surface area contributed by atoms with E-state index in [-0.39, 0.29) is 25.0 Å². The number of alkyl carbamates (subject to hydrolysis) is 1. The molecule has 4 aromatic carbocycles. The Bertz CT molecular complexity index is 2200. The number of carbonyl (C=O) groups is 2. The maximum absolute atomic E-state index is 13.6.